The fourth-order valence-corrected chi connectivity index (χ4v) is 4.19. The van der Waals surface area contributed by atoms with Crippen LogP contribution >= 0.6 is 11.3 Å². The number of amides is 2. The monoisotopic (exact) mass is 604 g/mol. The van der Waals surface area contributed by atoms with Gasteiger partial charge in [-0.1, -0.05) is 30.3 Å². The van der Waals surface area contributed by atoms with E-state index in [1.807, 2.05) is 38.1 Å². The minimum absolute atomic E-state index is 0.325. The van der Waals surface area contributed by atoms with Gasteiger partial charge in [-0.2, -0.15) is 13.2 Å². The van der Waals surface area contributed by atoms with Crippen LogP contribution in [-0.2, 0) is 16.1 Å². The first kappa shape index (κ1) is 33.4. The zero-order chi connectivity index (χ0) is 31.6. The van der Waals surface area contributed by atoms with E-state index < -0.39 is 30.6 Å². The minimum Gasteiger partial charge on any atom is -0.480 e. The molecular weight excluding hydrogens is 577 g/mol. The van der Waals surface area contributed by atoms with E-state index in [0.29, 0.717) is 22.8 Å². The number of aryl methyl sites for hydroxylation is 2. The topological polar surface area (TPSA) is 177 Å². The molecule has 0 radical (unpaired) electrons. The van der Waals surface area contributed by atoms with Gasteiger partial charge in [0.05, 0.1) is 10.2 Å². The van der Waals surface area contributed by atoms with Crippen LogP contribution in [0, 0.1) is 13.8 Å². The molecule has 0 aliphatic rings. The number of carbonyl (C=O) groups excluding carboxylic acids is 2. The van der Waals surface area contributed by atoms with Crippen molar-refractivity contribution in [3.8, 4) is 0 Å². The van der Waals surface area contributed by atoms with Gasteiger partial charge in [0.2, 0.25) is 0 Å². The molecule has 0 fully saturated rings. The SMILES string of the molecule is Cc1cc2nc(C(N)=O)sc2cc1C.NCc1cccc(C(=O)N(CC(=O)O)c2ccccc2)c1.O=C(O)C(F)(F)F. The number of para-hydroxylation sites is 1. The highest BCUT2D eigenvalue weighted by molar-refractivity contribution is 7.20. The normalized spacial score (nSPS) is 10.5. The summed E-state index contributed by atoms with van der Waals surface area (Å²) in [5.74, 6) is -4.64. The number of alkyl halides is 3. The van der Waals surface area contributed by atoms with Crippen molar-refractivity contribution in [2.24, 2.45) is 11.5 Å². The number of carboxylic acid groups (broad SMARTS) is 2. The van der Waals surface area contributed by atoms with Gasteiger partial charge in [0.15, 0.2) is 5.01 Å². The van der Waals surface area contributed by atoms with Crippen molar-refractivity contribution >= 4 is 51.0 Å². The average molecular weight is 605 g/mol. The number of carbonyl (C=O) groups is 4. The maximum absolute atomic E-state index is 12.6. The molecule has 0 saturated heterocycles. The first-order valence-electron chi connectivity index (χ1n) is 12.0. The molecule has 0 aliphatic heterocycles. The highest BCUT2D eigenvalue weighted by Crippen LogP contribution is 2.25. The number of hydrogen-bond donors (Lipinski definition) is 4. The molecule has 0 spiro atoms. The van der Waals surface area contributed by atoms with E-state index in [9.17, 15) is 27.6 Å². The summed E-state index contributed by atoms with van der Waals surface area (Å²) >= 11 is 1.34. The van der Waals surface area contributed by atoms with E-state index in [-0.39, 0.29) is 5.91 Å². The first-order valence-corrected chi connectivity index (χ1v) is 12.8. The summed E-state index contributed by atoms with van der Waals surface area (Å²) in [6.07, 6.45) is -5.08. The molecule has 3 aromatic carbocycles. The van der Waals surface area contributed by atoms with Gasteiger partial charge in [-0.15, -0.1) is 11.3 Å². The lowest BCUT2D eigenvalue weighted by molar-refractivity contribution is -0.192. The predicted molar refractivity (Wildman–Crippen MR) is 151 cm³/mol. The predicted octanol–water partition coefficient (Wildman–Crippen LogP) is 4.52. The largest absolute Gasteiger partial charge is 0.490 e. The van der Waals surface area contributed by atoms with Crippen molar-refractivity contribution in [1.29, 1.82) is 0 Å². The van der Waals surface area contributed by atoms with Gasteiger partial charge in [-0.3, -0.25) is 19.3 Å². The molecule has 0 saturated carbocycles. The molecule has 0 aliphatic carbocycles. The molecule has 0 unspecified atom stereocenters. The van der Waals surface area contributed by atoms with E-state index >= 15 is 0 Å². The Kier molecular flexibility index (Phi) is 11.7. The van der Waals surface area contributed by atoms with Crippen LogP contribution in [0.25, 0.3) is 10.2 Å². The summed E-state index contributed by atoms with van der Waals surface area (Å²) < 4.78 is 32.8. The van der Waals surface area contributed by atoms with Crippen LogP contribution in [0.4, 0.5) is 18.9 Å². The molecule has 2 amide bonds. The number of aromatic nitrogens is 1. The molecule has 1 aromatic heterocycles. The zero-order valence-corrected chi connectivity index (χ0v) is 23.2. The molecule has 14 heteroatoms. The lowest BCUT2D eigenvalue weighted by atomic mass is 10.1. The third-order valence-corrected chi connectivity index (χ3v) is 6.51. The summed E-state index contributed by atoms with van der Waals surface area (Å²) in [6.45, 7) is 4.00. The van der Waals surface area contributed by atoms with Crippen molar-refractivity contribution in [2.45, 2.75) is 26.6 Å². The Hall–Kier alpha value is -4.82. The third kappa shape index (κ3) is 9.67. The summed E-state index contributed by atoms with van der Waals surface area (Å²) in [4.78, 5) is 48.8. The van der Waals surface area contributed by atoms with Gasteiger partial charge in [0, 0.05) is 17.8 Å². The molecule has 6 N–H and O–H groups in total. The Balaban J connectivity index is 0.000000252. The highest BCUT2D eigenvalue weighted by Gasteiger charge is 2.38. The van der Waals surface area contributed by atoms with Gasteiger partial charge in [-0.05, 0) is 66.9 Å². The fraction of sp³-hybridized carbons (Fsp3) is 0.179. The van der Waals surface area contributed by atoms with Gasteiger partial charge >= 0.3 is 18.1 Å². The molecule has 0 atom stereocenters. The summed E-state index contributed by atoms with van der Waals surface area (Å²) in [5.41, 5.74) is 15.8. The van der Waals surface area contributed by atoms with Crippen molar-refractivity contribution in [1.82, 2.24) is 4.98 Å². The number of halogens is 3. The van der Waals surface area contributed by atoms with Crippen molar-refractivity contribution < 1.29 is 42.6 Å². The maximum Gasteiger partial charge on any atom is 0.490 e. The minimum atomic E-state index is -5.08. The summed E-state index contributed by atoms with van der Waals surface area (Å²) in [5, 5.41) is 16.5. The molecule has 1 heterocycles. The van der Waals surface area contributed by atoms with Crippen LogP contribution in [-0.4, -0.2) is 51.7 Å². The Bertz CT molecular complexity index is 1540. The number of aliphatic carboxylic acids is 2. The summed E-state index contributed by atoms with van der Waals surface area (Å²) in [7, 11) is 0. The molecule has 42 heavy (non-hydrogen) atoms. The molecule has 10 nitrogen and oxygen atoms in total. The lowest BCUT2D eigenvalue weighted by Gasteiger charge is -2.21. The second kappa shape index (κ2) is 14.7. The van der Waals surface area contributed by atoms with Crippen molar-refractivity contribution in [3.63, 3.8) is 0 Å². The number of rotatable bonds is 6. The van der Waals surface area contributed by atoms with E-state index in [0.717, 1.165) is 15.8 Å². The molecule has 4 rings (SSSR count). The van der Waals surface area contributed by atoms with E-state index in [1.165, 1.54) is 27.4 Å². The molecule has 4 aromatic rings. The third-order valence-electron chi connectivity index (χ3n) is 5.47. The van der Waals surface area contributed by atoms with Crippen LogP contribution in [0.3, 0.4) is 0 Å². The van der Waals surface area contributed by atoms with Crippen molar-refractivity contribution in [2.75, 3.05) is 11.4 Å². The molecule has 222 valence electrons. The van der Waals surface area contributed by atoms with Crippen LogP contribution < -0.4 is 16.4 Å². The number of carboxylic acids is 2. The average Bonchev–Trinajstić information content (AvgIpc) is 3.35. The molecular formula is C28H27F3N4O6S. The zero-order valence-electron chi connectivity index (χ0n) is 22.4. The number of thiazole rings is 1. The second-order valence-electron chi connectivity index (χ2n) is 8.62. The van der Waals surface area contributed by atoms with Crippen LogP contribution in [0.2, 0.25) is 0 Å². The Morgan fingerprint density at radius 2 is 1.52 bits per heavy atom. The Morgan fingerprint density at radius 3 is 2.05 bits per heavy atom. The van der Waals surface area contributed by atoms with Gasteiger partial charge < -0.3 is 21.7 Å². The number of fused-ring (bicyclic) bond motifs is 1. The Labute approximate surface area is 242 Å². The smallest absolute Gasteiger partial charge is 0.480 e. The number of nitrogens with zero attached hydrogens (tertiary/aromatic N) is 2. The Morgan fingerprint density at radius 1 is 0.929 bits per heavy atom. The lowest BCUT2D eigenvalue weighted by Crippen LogP contribution is -2.35. The first-order chi connectivity index (χ1) is 19.6. The van der Waals surface area contributed by atoms with Crippen molar-refractivity contribution in [3.05, 3.63) is 94.0 Å². The maximum atomic E-state index is 12.6. The van der Waals surface area contributed by atoms with E-state index in [4.69, 9.17) is 26.5 Å². The van der Waals surface area contributed by atoms with E-state index in [1.54, 1.807) is 42.5 Å². The summed E-state index contributed by atoms with van der Waals surface area (Å²) in [6, 6.07) is 19.6. The van der Waals surface area contributed by atoms with Crippen LogP contribution in [0.5, 0.6) is 0 Å². The van der Waals surface area contributed by atoms with Gasteiger partial charge in [0.1, 0.15) is 6.54 Å². The number of primary amides is 1. The van der Waals surface area contributed by atoms with Gasteiger partial charge in [-0.25, -0.2) is 9.78 Å². The van der Waals surface area contributed by atoms with Crippen LogP contribution in [0.1, 0.15) is 36.9 Å². The fourth-order valence-electron chi connectivity index (χ4n) is 3.30. The second-order valence-corrected chi connectivity index (χ2v) is 9.65. The van der Waals surface area contributed by atoms with Gasteiger partial charge in [0.25, 0.3) is 11.8 Å². The number of anilines is 1. The number of benzene rings is 3. The number of hydrogen-bond acceptors (Lipinski definition) is 7. The number of nitrogens with two attached hydrogens (primary N) is 2. The highest BCUT2D eigenvalue weighted by atomic mass is 32.1. The van der Waals surface area contributed by atoms with E-state index in [2.05, 4.69) is 4.98 Å². The van der Waals surface area contributed by atoms with Crippen LogP contribution in [0.15, 0.2) is 66.7 Å². The quantitative estimate of drug-likeness (QED) is 0.248. The molecule has 0 bridgehead atoms. The standard InChI is InChI=1S/C16H16N2O3.C10H10N2OS.C2HF3O2/c17-10-12-5-4-6-13(9-12)16(21)18(11-15(19)20)14-7-2-1-3-8-14;1-5-3-7-8(4-6(5)2)14-10(12-7)9(11)13;3-2(4,5)1(6)7/h1-9H,10-11,17H2,(H,19,20);3-4H,1-2H3,(H2,11,13);(H,6,7).